The summed E-state index contributed by atoms with van der Waals surface area (Å²) in [6.07, 6.45) is 4.76. The number of ketones is 1. The predicted molar refractivity (Wildman–Crippen MR) is 90.4 cm³/mol. The van der Waals surface area contributed by atoms with Crippen molar-refractivity contribution >= 4 is 38.7 Å². The van der Waals surface area contributed by atoms with E-state index in [1.165, 1.54) is 6.20 Å². The highest BCUT2D eigenvalue weighted by Gasteiger charge is 2.04. The molecule has 0 atom stereocenters. The molecule has 0 spiro atoms. The molecule has 3 rings (SSSR count). The van der Waals surface area contributed by atoms with Crippen molar-refractivity contribution in [1.82, 2.24) is 0 Å². The molecule has 0 saturated heterocycles. The maximum Gasteiger partial charge on any atom is 0.223 e. The number of rotatable bonds is 3. The Bertz CT molecular complexity index is 870. The zero-order valence-corrected chi connectivity index (χ0v) is 13.2. The Morgan fingerprint density at radius 2 is 1.86 bits per heavy atom. The minimum Gasteiger partial charge on any atom is -0.618 e. The van der Waals surface area contributed by atoms with Gasteiger partial charge in [0, 0.05) is 27.6 Å². The second kappa shape index (κ2) is 6.12. The minimum absolute atomic E-state index is 0.0560. The van der Waals surface area contributed by atoms with Crippen molar-refractivity contribution in [1.29, 1.82) is 0 Å². The highest BCUT2D eigenvalue weighted by Crippen LogP contribution is 2.15. The lowest BCUT2D eigenvalue weighted by atomic mass is 10.1. The lowest BCUT2D eigenvalue weighted by Crippen LogP contribution is -2.25. The smallest absolute Gasteiger partial charge is 0.223 e. The van der Waals surface area contributed by atoms with Crippen molar-refractivity contribution in [3.8, 4) is 0 Å². The number of carbonyl (C=O) groups excluding carboxylic acids is 1. The van der Waals surface area contributed by atoms with E-state index in [-0.39, 0.29) is 5.78 Å². The molecule has 0 saturated carbocycles. The maximum absolute atomic E-state index is 12.1. The van der Waals surface area contributed by atoms with Gasteiger partial charge >= 0.3 is 0 Å². The molecule has 2 aromatic carbocycles. The summed E-state index contributed by atoms with van der Waals surface area (Å²) in [6, 6.07) is 16.3. The SMILES string of the molecule is O=C(/C=C/c1ccc2c(ccc[n+]2[O-])c1)c1ccc(Br)cc1. The van der Waals surface area contributed by atoms with Gasteiger partial charge in [0.05, 0.1) is 0 Å². The van der Waals surface area contributed by atoms with Crippen LogP contribution < -0.4 is 4.73 Å². The van der Waals surface area contributed by atoms with Crippen LogP contribution in [0, 0.1) is 5.21 Å². The van der Waals surface area contributed by atoms with Gasteiger partial charge in [-0.15, -0.1) is 0 Å². The lowest BCUT2D eigenvalue weighted by Gasteiger charge is -2.01. The molecule has 3 aromatic rings. The fourth-order valence-corrected chi connectivity index (χ4v) is 2.46. The molecule has 0 aliphatic heterocycles. The van der Waals surface area contributed by atoms with Crippen LogP contribution in [-0.4, -0.2) is 5.78 Å². The molecule has 0 amide bonds. The first-order valence-corrected chi connectivity index (χ1v) is 7.53. The molecule has 22 heavy (non-hydrogen) atoms. The molecular weight excluding hydrogens is 342 g/mol. The molecule has 0 unspecified atom stereocenters. The van der Waals surface area contributed by atoms with Gasteiger partial charge in [0.25, 0.3) is 0 Å². The number of benzene rings is 2. The largest absolute Gasteiger partial charge is 0.618 e. The fourth-order valence-electron chi connectivity index (χ4n) is 2.20. The van der Waals surface area contributed by atoms with E-state index >= 15 is 0 Å². The van der Waals surface area contributed by atoms with Crippen LogP contribution in [0.25, 0.3) is 17.0 Å². The Labute approximate surface area is 136 Å². The summed E-state index contributed by atoms with van der Waals surface area (Å²) in [4.78, 5) is 12.1. The van der Waals surface area contributed by atoms with Crippen molar-refractivity contribution in [3.63, 3.8) is 0 Å². The number of carbonyl (C=O) groups is 1. The normalized spacial score (nSPS) is 11.1. The number of hydrogen-bond donors (Lipinski definition) is 0. The highest BCUT2D eigenvalue weighted by molar-refractivity contribution is 9.10. The molecule has 0 radical (unpaired) electrons. The van der Waals surface area contributed by atoms with E-state index in [2.05, 4.69) is 15.9 Å². The summed E-state index contributed by atoms with van der Waals surface area (Å²) in [5.74, 6) is -0.0560. The average Bonchev–Trinajstić information content (AvgIpc) is 2.53. The second-order valence-electron chi connectivity index (χ2n) is 4.86. The molecule has 0 aliphatic rings. The van der Waals surface area contributed by atoms with E-state index in [0.29, 0.717) is 11.1 Å². The molecule has 3 nitrogen and oxygen atoms in total. The standard InChI is InChI=1S/C18H12BrNO2/c19-16-7-5-14(6-8-16)18(21)10-4-13-3-9-17-15(12-13)2-1-11-20(17)22/h1-12H/b10-4+. The molecule has 0 aliphatic carbocycles. The summed E-state index contributed by atoms with van der Waals surface area (Å²) in [5, 5.41) is 12.5. The molecule has 1 heterocycles. The third-order valence-electron chi connectivity index (χ3n) is 3.34. The maximum atomic E-state index is 12.1. The first-order chi connectivity index (χ1) is 10.6. The van der Waals surface area contributed by atoms with Gasteiger partial charge in [0.2, 0.25) is 5.52 Å². The number of hydrogen-bond acceptors (Lipinski definition) is 2. The van der Waals surface area contributed by atoms with Gasteiger partial charge < -0.3 is 5.21 Å². The van der Waals surface area contributed by atoms with Gasteiger partial charge in [-0.05, 0) is 54.1 Å². The van der Waals surface area contributed by atoms with Crippen molar-refractivity contribution < 1.29 is 9.52 Å². The zero-order valence-electron chi connectivity index (χ0n) is 11.6. The van der Waals surface area contributed by atoms with Gasteiger partial charge in [0.15, 0.2) is 12.0 Å². The molecule has 108 valence electrons. The summed E-state index contributed by atoms with van der Waals surface area (Å²) < 4.78 is 1.77. The second-order valence-corrected chi connectivity index (χ2v) is 5.77. The summed E-state index contributed by atoms with van der Waals surface area (Å²) in [5.41, 5.74) is 2.13. The van der Waals surface area contributed by atoms with Crippen molar-refractivity contribution in [2.24, 2.45) is 0 Å². The zero-order chi connectivity index (χ0) is 15.5. The predicted octanol–water partition coefficient (Wildman–Crippen LogP) is 4.13. The Hall–Kier alpha value is -2.46. The van der Waals surface area contributed by atoms with Crippen molar-refractivity contribution in [2.45, 2.75) is 0 Å². The number of fused-ring (bicyclic) bond motifs is 1. The van der Waals surface area contributed by atoms with Crippen LogP contribution in [0.2, 0.25) is 0 Å². The quantitative estimate of drug-likeness (QED) is 0.307. The van der Waals surface area contributed by atoms with Gasteiger partial charge in [-0.25, -0.2) is 0 Å². The molecule has 0 fully saturated rings. The molecule has 4 heteroatoms. The topological polar surface area (TPSA) is 44.0 Å². The monoisotopic (exact) mass is 353 g/mol. The van der Waals surface area contributed by atoms with Crippen molar-refractivity contribution in [3.05, 3.63) is 87.7 Å². The summed E-state index contributed by atoms with van der Waals surface area (Å²) in [7, 11) is 0. The Balaban J connectivity index is 1.86. The van der Waals surface area contributed by atoms with Gasteiger partial charge in [-0.1, -0.05) is 22.0 Å². The Morgan fingerprint density at radius 1 is 1.09 bits per heavy atom. The third-order valence-corrected chi connectivity index (χ3v) is 3.87. The first kappa shape index (κ1) is 14.5. The van der Waals surface area contributed by atoms with Crippen LogP contribution in [0.1, 0.15) is 15.9 Å². The first-order valence-electron chi connectivity index (χ1n) is 6.73. The van der Waals surface area contributed by atoms with E-state index in [4.69, 9.17) is 0 Å². The summed E-state index contributed by atoms with van der Waals surface area (Å²) in [6.45, 7) is 0. The average molecular weight is 354 g/mol. The van der Waals surface area contributed by atoms with Gasteiger partial charge in [0.1, 0.15) is 0 Å². The van der Waals surface area contributed by atoms with Crippen LogP contribution in [0.15, 0.2) is 71.3 Å². The molecular formula is C18H12BrNO2. The molecule has 0 N–H and O–H groups in total. The molecule has 0 bridgehead atoms. The van der Waals surface area contributed by atoms with E-state index in [1.807, 2.05) is 30.3 Å². The van der Waals surface area contributed by atoms with Gasteiger partial charge in [-0.2, -0.15) is 4.73 Å². The van der Waals surface area contributed by atoms with E-state index < -0.39 is 0 Å². The van der Waals surface area contributed by atoms with Crippen LogP contribution in [0.3, 0.4) is 0 Å². The summed E-state index contributed by atoms with van der Waals surface area (Å²) >= 11 is 3.34. The Morgan fingerprint density at radius 3 is 2.64 bits per heavy atom. The minimum atomic E-state index is -0.0560. The number of aromatic nitrogens is 1. The highest BCUT2D eigenvalue weighted by atomic mass is 79.9. The fraction of sp³-hybridized carbons (Fsp3) is 0. The van der Waals surface area contributed by atoms with Crippen LogP contribution in [-0.2, 0) is 0 Å². The Kier molecular flexibility index (Phi) is 4.02. The van der Waals surface area contributed by atoms with Crippen molar-refractivity contribution in [2.75, 3.05) is 0 Å². The number of halogens is 1. The van der Waals surface area contributed by atoms with Crippen LogP contribution in [0.5, 0.6) is 0 Å². The number of nitrogens with zero attached hydrogens (tertiary/aromatic N) is 1. The number of allylic oxidation sites excluding steroid dienone is 1. The van der Waals surface area contributed by atoms with E-state index in [1.54, 1.807) is 36.4 Å². The van der Waals surface area contributed by atoms with Gasteiger partial charge in [-0.3, -0.25) is 4.79 Å². The van der Waals surface area contributed by atoms with Crippen LogP contribution >= 0.6 is 15.9 Å². The number of pyridine rings is 1. The molecule has 1 aromatic heterocycles. The van der Waals surface area contributed by atoms with E-state index in [0.717, 1.165) is 20.2 Å². The van der Waals surface area contributed by atoms with Crippen LogP contribution in [0.4, 0.5) is 0 Å². The lowest BCUT2D eigenvalue weighted by molar-refractivity contribution is -0.577. The van der Waals surface area contributed by atoms with E-state index in [9.17, 15) is 10.0 Å². The third kappa shape index (κ3) is 3.07.